The van der Waals surface area contributed by atoms with Crippen LogP contribution in [-0.2, 0) is 9.53 Å². The minimum Gasteiger partial charge on any atom is -0.503 e. The number of methoxy groups -OCH3 is 2. The first kappa shape index (κ1) is 26.7. The van der Waals surface area contributed by atoms with Crippen molar-refractivity contribution < 1.29 is 28.9 Å². The number of carbonyl (C=O) groups excluding carboxylic acids is 2. The smallest absolute Gasteiger partial charge is 0.290 e. The number of nitrogens with zero attached hydrogens (tertiary/aromatic N) is 2. The summed E-state index contributed by atoms with van der Waals surface area (Å²) in [5, 5.41) is 11.6. The number of ketones is 1. The Balaban J connectivity index is 2.03. The second kappa shape index (κ2) is 11.7. The molecule has 0 saturated heterocycles. The van der Waals surface area contributed by atoms with Gasteiger partial charge in [-0.05, 0) is 50.3 Å². The van der Waals surface area contributed by atoms with Crippen LogP contribution in [0.25, 0.3) is 0 Å². The normalized spacial score (nSPS) is 15.9. The number of rotatable bonds is 12. The van der Waals surface area contributed by atoms with Gasteiger partial charge in [0.25, 0.3) is 5.91 Å². The minimum atomic E-state index is -0.771. The van der Waals surface area contributed by atoms with E-state index < -0.39 is 23.5 Å². The number of Topliss-reactive ketones (excluding diaryl/α,β-unsaturated/α-hetero) is 1. The number of hydrogen-bond donors (Lipinski definition) is 1. The lowest BCUT2D eigenvalue weighted by molar-refractivity contribution is -0.129. The summed E-state index contributed by atoms with van der Waals surface area (Å²) in [6.07, 6.45) is 1.46. The van der Waals surface area contributed by atoms with Gasteiger partial charge in [-0.3, -0.25) is 9.59 Å². The van der Waals surface area contributed by atoms with Gasteiger partial charge in [-0.1, -0.05) is 19.9 Å². The fourth-order valence-corrected chi connectivity index (χ4v) is 4.96. The number of aromatic nitrogens is 1. The molecule has 2 heterocycles. The third-order valence-corrected chi connectivity index (χ3v) is 6.93. The maximum absolute atomic E-state index is 13.6. The molecular formula is C26H34N2O6S. The Labute approximate surface area is 210 Å². The van der Waals surface area contributed by atoms with Crippen molar-refractivity contribution in [3.63, 3.8) is 0 Å². The van der Waals surface area contributed by atoms with Crippen LogP contribution in [-0.4, -0.2) is 60.7 Å². The van der Waals surface area contributed by atoms with E-state index in [1.807, 2.05) is 13.0 Å². The minimum absolute atomic E-state index is 0.0506. The average molecular weight is 503 g/mol. The third-order valence-electron chi connectivity index (χ3n) is 5.86. The van der Waals surface area contributed by atoms with Crippen LogP contribution < -0.4 is 9.47 Å². The molecule has 0 spiro atoms. The van der Waals surface area contributed by atoms with Crippen LogP contribution in [0.15, 0.2) is 29.5 Å². The molecule has 1 atom stereocenters. The highest BCUT2D eigenvalue weighted by Crippen LogP contribution is 2.42. The summed E-state index contributed by atoms with van der Waals surface area (Å²) in [4.78, 5) is 33.0. The number of benzene rings is 1. The fourth-order valence-electron chi connectivity index (χ4n) is 4.08. The van der Waals surface area contributed by atoms with E-state index in [4.69, 9.17) is 14.2 Å². The third kappa shape index (κ3) is 5.85. The number of aliphatic hydroxyl groups excluding tert-OH is 1. The highest BCUT2D eigenvalue weighted by molar-refractivity contribution is 7.14. The van der Waals surface area contributed by atoms with Crippen molar-refractivity contribution in [1.29, 1.82) is 0 Å². The van der Waals surface area contributed by atoms with E-state index >= 15 is 0 Å². The standard InChI is InChI=1S/C26H34N2O6S/c1-15(2)10-13-34-19-9-8-18(14-20(19)33-6)22-21(23(29)25-16(3)27-17(4)35-25)24(30)26(31)28(22)11-7-12-32-5/h8-9,14-15,22,30H,7,10-13H2,1-6H3. The molecule has 0 saturated carbocycles. The van der Waals surface area contributed by atoms with Crippen LogP contribution in [0.4, 0.5) is 0 Å². The first-order chi connectivity index (χ1) is 16.7. The average Bonchev–Trinajstić information content (AvgIpc) is 3.29. The zero-order valence-corrected chi connectivity index (χ0v) is 22.0. The maximum Gasteiger partial charge on any atom is 0.290 e. The summed E-state index contributed by atoms with van der Waals surface area (Å²) < 4.78 is 16.6. The van der Waals surface area contributed by atoms with Gasteiger partial charge >= 0.3 is 0 Å². The lowest BCUT2D eigenvalue weighted by Gasteiger charge is -2.27. The molecule has 0 radical (unpaired) electrons. The Kier molecular flexibility index (Phi) is 8.91. The van der Waals surface area contributed by atoms with Crippen LogP contribution in [0.5, 0.6) is 11.5 Å². The zero-order chi connectivity index (χ0) is 25.7. The van der Waals surface area contributed by atoms with Gasteiger partial charge in [0.05, 0.1) is 40.9 Å². The van der Waals surface area contributed by atoms with Crippen molar-refractivity contribution in [3.8, 4) is 11.5 Å². The largest absolute Gasteiger partial charge is 0.503 e. The number of amides is 1. The van der Waals surface area contributed by atoms with Crippen LogP contribution in [0.3, 0.4) is 0 Å². The molecule has 3 rings (SSSR count). The van der Waals surface area contributed by atoms with Gasteiger partial charge in [0.1, 0.15) is 0 Å². The monoisotopic (exact) mass is 502 g/mol. The summed E-state index contributed by atoms with van der Waals surface area (Å²) in [6, 6.07) is 4.59. The van der Waals surface area contributed by atoms with Gasteiger partial charge in [-0.2, -0.15) is 0 Å². The Morgan fingerprint density at radius 3 is 2.54 bits per heavy atom. The summed E-state index contributed by atoms with van der Waals surface area (Å²) >= 11 is 1.25. The first-order valence-corrected chi connectivity index (χ1v) is 12.5. The topological polar surface area (TPSA) is 98.2 Å². The van der Waals surface area contributed by atoms with E-state index in [0.29, 0.717) is 59.7 Å². The molecular weight excluding hydrogens is 468 g/mol. The van der Waals surface area contributed by atoms with Gasteiger partial charge in [0.15, 0.2) is 17.3 Å². The molecule has 9 heteroatoms. The SMILES string of the molecule is COCCCN1C(=O)C(O)=C(C(=O)c2sc(C)nc2C)C1c1ccc(OCCC(C)C)c(OC)c1. The van der Waals surface area contributed by atoms with Crippen molar-refractivity contribution in [3.05, 3.63) is 50.7 Å². The highest BCUT2D eigenvalue weighted by Gasteiger charge is 2.44. The molecule has 8 nitrogen and oxygen atoms in total. The second-order valence-electron chi connectivity index (χ2n) is 8.93. The molecule has 190 valence electrons. The predicted octanol–water partition coefficient (Wildman–Crippen LogP) is 4.81. The van der Waals surface area contributed by atoms with E-state index in [1.165, 1.54) is 16.2 Å². The Morgan fingerprint density at radius 2 is 1.94 bits per heavy atom. The quantitative estimate of drug-likeness (QED) is 0.329. The highest BCUT2D eigenvalue weighted by atomic mass is 32.1. The fraction of sp³-hybridized carbons (Fsp3) is 0.500. The number of ether oxygens (including phenoxy) is 3. The van der Waals surface area contributed by atoms with Crippen LogP contribution in [0.1, 0.15) is 58.7 Å². The van der Waals surface area contributed by atoms with Crippen molar-refractivity contribution in [2.24, 2.45) is 5.92 Å². The second-order valence-corrected chi connectivity index (χ2v) is 10.1. The van der Waals surface area contributed by atoms with Crippen molar-refractivity contribution in [2.45, 2.75) is 46.6 Å². The lowest BCUT2D eigenvalue weighted by atomic mass is 9.94. The van der Waals surface area contributed by atoms with Gasteiger partial charge in [0.2, 0.25) is 5.78 Å². The Hall–Kier alpha value is -2.91. The zero-order valence-electron chi connectivity index (χ0n) is 21.2. The number of aryl methyl sites for hydroxylation is 2. The van der Waals surface area contributed by atoms with Crippen LogP contribution >= 0.6 is 11.3 Å². The summed E-state index contributed by atoms with van der Waals surface area (Å²) in [5.74, 6) is 0.0877. The molecule has 1 amide bonds. The van der Waals surface area contributed by atoms with E-state index in [-0.39, 0.29) is 5.57 Å². The summed E-state index contributed by atoms with van der Waals surface area (Å²) in [5.41, 5.74) is 1.28. The molecule has 1 unspecified atom stereocenters. The van der Waals surface area contributed by atoms with Gasteiger partial charge in [0, 0.05) is 20.3 Å². The number of thiazole rings is 1. The van der Waals surface area contributed by atoms with Crippen LogP contribution in [0.2, 0.25) is 0 Å². The molecule has 35 heavy (non-hydrogen) atoms. The van der Waals surface area contributed by atoms with E-state index in [2.05, 4.69) is 18.8 Å². The van der Waals surface area contributed by atoms with E-state index in [1.54, 1.807) is 33.3 Å². The lowest BCUT2D eigenvalue weighted by Crippen LogP contribution is -2.32. The van der Waals surface area contributed by atoms with Gasteiger partial charge in [-0.15, -0.1) is 11.3 Å². The molecule has 0 bridgehead atoms. The Bertz CT molecular complexity index is 1110. The maximum atomic E-state index is 13.6. The van der Waals surface area contributed by atoms with Crippen molar-refractivity contribution in [2.75, 3.05) is 34.0 Å². The summed E-state index contributed by atoms with van der Waals surface area (Å²) in [7, 11) is 3.14. The van der Waals surface area contributed by atoms with Crippen molar-refractivity contribution >= 4 is 23.0 Å². The molecule has 2 aromatic rings. The van der Waals surface area contributed by atoms with Gasteiger partial charge in [-0.25, -0.2) is 4.98 Å². The number of aliphatic hydroxyl groups is 1. The predicted molar refractivity (Wildman–Crippen MR) is 134 cm³/mol. The summed E-state index contributed by atoms with van der Waals surface area (Å²) in [6.45, 7) is 9.13. The Morgan fingerprint density at radius 1 is 1.20 bits per heavy atom. The van der Waals surface area contributed by atoms with Crippen LogP contribution in [0, 0.1) is 19.8 Å². The molecule has 0 fully saturated rings. The van der Waals surface area contributed by atoms with E-state index in [0.717, 1.165) is 11.4 Å². The van der Waals surface area contributed by atoms with Crippen molar-refractivity contribution in [1.82, 2.24) is 9.88 Å². The molecule has 1 aromatic carbocycles. The van der Waals surface area contributed by atoms with Gasteiger partial charge < -0.3 is 24.2 Å². The molecule has 1 aliphatic heterocycles. The molecule has 1 aromatic heterocycles. The molecule has 1 N–H and O–H groups in total. The molecule has 0 aliphatic carbocycles. The number of carbonyl (C=O) groups is 2. The first-order valence-electron chi connectivity index (χ1n) is 11.7. The van der Waals surface area contributed by atoms with E-state index in [9.17, 15) is 14.7 Å². The number of hydrogen-bond acceptors (Lipinski definition) is 8. The molecule has 1 aliphatic rings.